The molecule has 0 saturated heterocycles. The summed E-state index contributed by atoms with van der Waals surface area (Å²) >= 11 is -6.06. The van der Waals surface area contributed by atoms with Crippen LogP contribution < -0.4 is 111 Å². The summed E-state index contributed by atoms with van der Waals surface area (Å²) in [5.41, 5.74) is 2.48. The molecular formula is C34H48F2K2N4O8OsSi2. The zero-order valence-electron chi connectivity index (χ0n) is 31.8. The third kappa shape index (κ3) is 21.5. The molecule has 53 heavy (non-hydrogen) atoms. The quantitative estimate of drug-likeness (QED) is 0.112. The van der Waals surface area contributed by atoms with Gasteiger partial charge in [-0.25, -0.2) is 18.7 Å². The van der Waals surface area contributed by atoms with Gasteiger partial charge >= 0.3 is 133 Å². The second-order valence-electron chi connectivity index (χ2n) is 13.9. The third-order valence-corrected chi connectivity index (χ3v) is 10.6. The Labute approximate surface area is 401 Å². The average molecular weight is 1000 g/mol. The monoisotopic (exact) mass is 1000 g/mol. The summed E-state index contributed by atoms with van der Waals surface area (Å²) in [5.74, 6) is 0.599. The van der Waals surface area contributed by atoms with E-state index in [0.29, 0.717) is 37.0 Å². The second-order valence-corrected chi connectivity index (χ2v) is 27.6. The molecule has 2 heterocycles. The van der Waals surface area contributed by atoms with E-state index in [4.69, 9.17) is 24.3 Å². The van der Waals surface area contributed by atoms with Crippen molar-refractivity contribution in [2.75, 3.05) is 19.8 Å². The Morgan fingerprint density at radius 3 is 1.66 bits per heavy atom. The van der Waals surface area contributed by atoms with E-state index in [2.05, 4.69) is 55.8 Å². The minimum atomic E-state index is -6.06. The summed E-state index contributed by atoms with van der Waals surface area (Å²) < 4.78 is 76.6. The van der Waals surface area contributed by atoms with Gasteiger partial charge in [-0.1, -0.05) is 51.9 Å². The van der Waals surface area contributed by atoms with Crippen molar-refractivity contribution in [2.45, 2.75) is 70.9 Å². The topological polar surface area (TPSA) is 175 Å². The van der Waals surface area contributed by atoms with Crippen LogP contribution >= 0.6 is 0 Å². The van der Waals surface area contributed by atoms with E-state index in [1.807, 2.05) is 15.3 Å². The Morgan fingerprint density at radius 2 is 1.25 bits per heavy atom. The number of imidazole rings is 2. The van der Waals surface area contributed by atoms with Crippen molar-refractivity contribution in [3.05, 3.63) is 90.5 Å². The molecule has 0 saturated carbocycles. The van der Waals surface area contributed by atoms with Crippen LogP contribution in [0.4, 0.5) is 8.78 Å². The average Bonchev–Trinajstić information content (AvgIpc) is 3.69. The van der Waals surface area contributed by atoms with Crippen molar-refractivity contribution in [2.24, 2.45) is 0 Å². The molecular weight excluding hydrogens is 955 g/mol. The maximum atomic E-state index is 13.5. The van der Waals surface area contributed by atoms with Gasteiger partial charge in [-0.3, -0.25) is 0 Å². The molecule has 4 aromatic rings. The summed E-state index contributed by atoms with van der Waals surface area (Å²) in [6.45, 7) is 19.3. The molecule has 0 aliphatic rings. The van der Waals surface area contributed by atoms with Crippen molar-refractivity contribution in [3.8, 4) is 22.8 Å². The zero-order valence-corrected chi connectivity index (χ0v) is 42.6. The molecule has 2 aromatic heterocycles. The molecule has 19 heteroatoms. The van der Waals surface area contributed by atoms with Crippen LogP contribution in [-0.2, 0) is 45.7 Å². The van der Waals surface area contributed by atoms with E-state index in [1.165, 1.54) is 24.3 Å². The van der Waals surface area contributed by atoms with Crippen molar-refractivity contribution >= 4 is 22.2 Å². The molecule has 0 aliphatic carbocycles. The fourth-order valence-corrected chi connectivity index (χ4v) is 5.93. The number of rotatable bonds is 15. The van der Waals surface area contributed by atoms with E-state index in [0.717, 1.165) is 35.6 Å². The van der Waals surface area contributed by atoms with Gasteiger partial charge < -0.3 is 28.8 Å². The minimum absolute atomic E-state index is 0. The van der Waals surface area contributed by atoms with Crippen LogP contribution in [-0.4, -0.2) is 65.3 Å². The molecule has 0 fully saturated rings. The first-order valence-corrected chi connectivity index (χ1v) is 27.6. The van der Waals surface area contributed by atoms with Crippen LogP contribution in [0.15, 0.2) is 67.8 Å². The number of hydrogen-bond acceptors (Lipinski definition) is 10. The predicted molar refractivity (Wildman–Crippen MR) is 187 cm³/mol. The first-order chi connectivity index (χ1) is 23.7. The number of halogens is 2. The van der Waals surface area contributed by atoms with Crippen molar-refractivity contribution in [1.82, 2.24) is 19.1 Å². The molecule has 1 unspecified atom stereocenters. The number of aliphatic hydroxyl groups excluding tert-OH is 2. The number of benzene rings is 2. The van der Waals surface area contributed by atoms with Crippen LogP contribution in [0.3, 0.4) is 0 Å². The van der Waals surface area contributed by atoms with Crippen LogP contribution in [0.5, 0.6) is 0 Å². The van der Waals surface area contributed by atoms with Crippen molar-refractivity contribution in [1.29, 1.82) is 0 Å². The maximum absolute atomic E-state index is 13.5. The molecule has 0 radical (unpaired) electrons. The standard InChI is InChI=1S/C17H25FN2O3Si.C17H23FN2OSi.2K.4O.Os/c1-24(2,3)9-8-23-12-20-7-6-19-17(20)14-5-4-13(18)10-15(14)16(22)11-21;1-5-14-12-15(18)6-7-16(14)17-19-8-9-20(17)13-21-10-11-22(2,3)4;;;;;;;/h4-7,10,16,21-22H,8-9,11-12H2,1-3H3;5-9,12H,1,10-11,13H2,2-4H3;;;;;;;/q;;2*+1;;;2*-1;. The second kappa shape index (κ2) is 25.5. The Bertz CT molecular complexity index is 1800. The van der Waals surface area contributed by atoms with Crippen molar-refractivity contribution < 1.29 is 162 Å². The van der Waals surface area contributed by atoms with Gasteiger partial charge in [0, 0.05) is 65.3 Å². The molecule has 0 aliphatic heterocycles. The number of aliphatic hydroxyl groups is 2. The molecule has 2 aromatic carbocycles. The Hall–Kier alpha value is 0.163. The number of ether oxygens (including phenoxy) is 2. The van der Waals surface area contributed by atoms with E-state index < -0.39 is 50.3 Å². The Balaban J connectivity index is 0.000000877. The van der Waals surface area contributed by atoms with Crippen LogP contribution in [0.1, 0.15) is 17.2 Å². The normalized spacial score (nSPS) is 12.2. The molecule has 1 atom stereocenters. The van der Waals surface area contributed by atoms with E-state index >= 15 is 0 Å². The first kappa shape index (κ1) is 53.2. The number of aromatic nitrogens is 4. The number of nitrogens with zero attached hydrogens (tertiary/aromatic N) is 4. The Morgan fingerprint density at radius 1 is 0.830 bits per heavy atom. The first-order valence-electron chi connectivity index (χ1n) is 16.0. The zero-order chi connectivity index (χ0) is 38.4. The van der Waals surface area contributed by atoms with Crippen LogP contribution in [0, 0.1) is 11.6 Å². The fraction of sp³-hybridized carbons (Fsp3) is 0.412. The van der Waals surface area contributed by atoms with Crippen LogP contribution in [0.2, 0.25) is 51.4 Å². The molecule has 12 nitrogen and oxygen atoms in total. The van der Waals surface area contributed by atoms with Gasteiger partial charge in [0.05, 0.1) is 6.61 Å². The van der Waals surface area contributed by atoms with Gasteiger partial charge in [-0.05, 0) is 59.6 Å². The van der Waals surface area contributed by atoms with Gasteiger partial charge in [0.15, 0.2) is 0 Å². The summed E-state index contributed by atoms with van der Waals surface area (Å²) in [6, 6.07) is 10.9. The number of hydrogen-bond donors (Lipinski definition) is 2. The molecule has 4 rings (SSSR count). The van der Waals surface area contributed by atoms with E-state index in [-0.39, 0.29) is 109 Å². The van der Waals surface area contributed by atoms with Gasteiger partial charge in [-0.2, -0.15) is 0 Å². The van der Waals surface area contributed by atoms with Crippen molar-refractivity contribution in [3.63, 3.8) is 0 Å². The molecule has 0 amide bonds. The summed E-state index contributed by atoms with van der Waals surface area (Å²) in [7, 11) is -2.23. The third-order valence-electron chi connectivity index (χ3n) is 7.15. The SMILES string of the molecule is C=Cc1cc(F)ccc1-c1nccn1COCC[Si](C)(C)C.C[Si](C)(C)CCOCn1ccnc1-c1ccc(F)cc1C(O)CO.[K+].[K+].[O]=[Os](=[O])([O-])[O-]. The Kier molecular flexibility index (Phi) is 25.6. The van der Waals surface area contributed by atoms with E-state index in [9.17, 15) is 19.0 Å². The molecule has 0 bridgehead atoms. The van der Waals surface area contributed by atoms with Gasteiger partial charge in [0.25, 0.3) is 0 Å². The fourth-order valence-electron chi connectivity index (χ4n) is 4.42. The van der Waals surface area contributed by atoms with Gasteiger partial charge in [0.2, 0.25) is 0 Å². The summed E-state index contributed by atoms with van der Waals surface area (Å²) in [6.07, 6.45) is 7.50. The summed E-state index contributed by atoms with van der Waals surface area (Å²) in [5, 5.41) is 19.1. The van der Waals surface area contributed by atoms with Crippen LogP contribution in [0.25, 0.3) is 28.9 Å². The van der Waals surface area contributed by atoms with E-state index in [1.54, 1.807) is 36.8 Å². The molecule has 0 spiro atoms. The summed E-state index contributed by atoms with van der Waals surface area (Å²) in [4.78, 5) is 8.67. The van der Waals surface area contributed by atoms with Gasteiger partial charge in [-0.15, -0.1) is 0 Å². The predicted octanol–water partition coefficient (Wildman–Crippen LogP) is -0.938. The molecule has 2 N–H and O–H groups in total. The molecule has 284 valence electrons. The van der Waals surface area contributed by atoms with Gasteiger partial charge in [0.1, 0.15) is 42.8 Å².